The Labute approximate surface area is 197 Å². The lowest BCUT2D eigenvalue weighted by molar-refractivity contribution is -0.139. The van der Waals surface area contributed by atoms with E-state index in [0.29, 0.717) is 18.4 Å². The standard InChI is InChI=1S/C22H31N7O5/c1-12(2)10-16(28-18(30)14-6-4-8-25-11-14)20-29-17(13(3)34-20)19(31)27-15(21(32)33)7-5-9-26-22(23)24/h4,6,8,11-12,15-16H,5,7,9-10H2,1-3H3,(H,27,31)(H,28,30)(H,32,33)(H4,23,24,26). The van der Waals surface area contributed by atoms with Crippen molar-refractivity contribution in [2.24, 2.45) is 22.4 Å². The van der Waals surface area contributed by atoms with Gasteiger partial charge in [-0.25, -0.2) is 9.78 Å². The molecule has 2 aromatic rings. The molecule has 0 aliphatic rings. The predicted molar refractivity (Wildman–Crippen MR) is 124 cm³/mol. The van der Waals surface area contributed by atoms with E-state index in [1.165, 1.54) is 6.20 Å². The molecule has 184 valence electrons. The van der Waals surface area contributed by atoms with E-state index in [-0.39, 0.29) is 48.1 Å². The second kappa shape index (κ2) is 12.3. The van der Waals surface area contributed by atoms with Gasteiger partial charge in [0.15, 0.2) is 11.7 Å². The number of pyridine rings is 1. The van der Waals surface area contributed by atoms with Crippen molar-refractivity contribution in [1.29, 1.82) is 0 Å². The molecule has 0 spiro atoms. The number of nitrogens with one attached hydrogen (secondary N) is 2. The lowest BCUT2D eigenvalue weighted by atomic mass is 10.0. The number of carbonyl (C=O) groups excluding carboxylic acids is 2. The van der Waals surface area contributed by atoms with Gasteiger partial charge in [0.05, 0.1) is 5.56 Å². The van der Waals surface area contributed by atoms with Crippen molar-refractivity contribution in [3.8, 4) is 0 Å². The van der Waals surface area contributed by atoms with Gasteiger partial charge in [-0.05, 0) is 44.2 Å². The molecule has 2 atom stereocenters. The molecule has 0 bridgehead atoms. The molecule has 0 aromatic carbocycles. The number of aryl methyl sites for hydroxylation is 1. The summed E-state index contributed by atoms with van der Waals surface area (Å²) < 4.78 is 5.71. The van der Waals surface area contributed by atoms with Crippen molar-refractivity contribution in [2.75, 3.05) is 6.54 Å². The van der Waals surface area contributed by atoms with Gasteiger partial charge in [0, 0.05) is 18.9 Å². The van der Waals surface area contributed by atoms with Crippen LogP contribution in [0.25, 0.3) is 0 Å². The van der Waals surface area contributed by atoms with Crippen LogP contribution in [-0.4, -0.2) is 51.4 Å². The van der Waals surface area contributed by atoms with Crippen LogP contribution >= 0.6 is 0 Å². The topological polar surface area (TPSA) is 199 Å². The third-order valence-electron chi connectivity index (χ3n) is 4.81. The Bertz CT molecular complexity index is 1020. The Balaban J connectivity index is 2.15. The Morgan fingerprint density at radius 3 is 2.53 bits per heavy atom. The number of carbonyl (C=O) groups is 3. The van der Waals surface area contributed by atoms with E-state index >= 15 is 0 Å². The van der Waals surface area contributed by atoms with Crippen molar-refractivity contribution in [1.82, 2.24) is 20.6 Å². The van der Waals surface area contributed by atoms with Crippen molar-refractivity contribution in [3.63, 3.8) is 0 Å². The molecule has 0 aliphatic carbocycles. The van der Waals surface area contributed by atoms with Crippen molar-refractivity contribution in [3.05, 3.63) is 47.4 Å². The molecule has 34 heavy (non-hydrogen) atoms. The molecule has 0 fully saturated rings. The maximum absolute atomic E-state index is 12.8. The zero-order valence-corrected chi connectivity index (χ0v) is 19.4. The SMILES string of the molecule is Cc1oc(C(CC(C)C)NC(=O)c2cccnc2)nc1C(=O)NC(CCCN=C(N)N)C(=O)O. The van der Waals surface area contributed by atoms with Crippen molar-refractivity contribution < 1.29 is 23.9 Å². The molecule has 0 aliphatic heterocycles. The van der Waals surface area contributed by atoms with Crippen LogP contribution in [0.2, 0.25) is 0 Å². The summed E-state index contributed by atoms with van der Waals surface area (Å²) in [5.41, 5.74) is 10.8. The third-order valence-corrected chi connectivity index (χ3v) is 4.81. The van der Waals surface area contributed by atoms with Crippen LogP contribution in [0.1, 0.15) is 71.6 Å². The average Bonchev–Trinajstić information content (AvgIpc) is 3.17. The number of aliphatic carboxylic acids is 1. The largest absolute Gasteiger partial charge is 0.480 e. The summed E-state index contributed by atoms with van der Waals surface area (Å²) >= 11 is 0. The first kappa shape index (κ1) is 26.3. The van der Waals surface area contributed by atoms with E-state index in [1.54, 1.807) is 25.3 Å². The normalized spacial score (nSPS) is 12.6. The molecular formula is C22H31N7O5. The van der Waals surface area contributed by atoms with E-state index in [0.717, 1.165) is 0 Å². The van der Waals surface area contributed by atoms with Crippen LogP contribution in [0.5, 0.6) is 0 Å². The fraction of sp³-hybridized carbons (Fsp3) is 0.455. The molecule has 12 nitrogen and oxygen atoms in total. The minimum absolute atomic E-state index is 0.0464. The predicted octanol–water partition coefficient (Wildman–Crippen LogP) is 1.13. The number of aliphatic imine (C=N–C) groups is 1. The Hall–Kier alpha value is -3.96. The highest BCUT2D eigenvalue weighted by atomic mass is 16.4. The van der Waals surface area contributed by atoms with Crippen molar-refractivity contribution in [2.45, 2.75) is 52.1 Å². The number of rotatable bonds is 12. The average molecular weight is 474 g/mol. The highest BCUT2D eigenvalue weighted by Crippen LogP contribution is 2.24. The number of nitrogens with two attached hydrogens (primary N) is 2. The van der Waals surface area contributed by atoms with Crippen molar-refractivity contribution >= 4 is 23.7 Å². The molecule has 2 heterocycles. The van der Waals surface area contributed by atoms with Gasteiger partial charge < -0.3 is 31.6 Å². The third kappa shape index (κ3) is 7.87. The monoisotopic (exact) mass is 473 g/mol. The number of hydrogen-bond donors (Lipinski definition) is 5. The summed E-state index contributed by atoms with van der Waals surface area (Å²) in [7, 11) is 0. The highest BCUT2D eigenvalue weighted by molar-refractivity contribution is 5.96. The number of aromatic nitrogens is 2. The van der Waals surface area contributed by atoms with Gasteiger partial charge in [-0.1, -0.05) is 13.8 Å². The molecule has 2 unspecified atom stereocenters. The molecule has 0 radical (unpaired) electrons. The summed E-state index contributed by atoms with van der Waals surface area (Å²) in [5, 5.41) is 14.8. The van der Waals surface area contributed by atoms with Crippen LogP contribution in [0.3, 0.4) is 0 Å². The lowest BCUT2D eigenvalue weighted by Crippen LogP contribution is -2.41. The molecule has 2 aromatic heterocycles. The molecule has 2 rings (SSSR count). The number of oxazole rings is 1. The maximum atomic E-state index is 12.8. The smallest absolute Gasteiger partial charge is 0.326 e. The molecule has 7 N–H and O–H groups in total. The molecular weight excluding hydrogens is 442 g/mol. The first-order chi connectivity index (χ1) is 16.1. The summed E-state index contributed by atoms with van der Waals surface area (Å²) in [5.74, 6) is -1.77. The Kier molecular flexibility index (Phi) is 9.53. The van der Waals surface area contributed by atoms with Crippen LogP contribution in [0, 0.1) is 12.8 Å². The maximum Gasteiger partial charge on any atom is 0.326 e. The number of carboxylic acid groups (broad SMARTS) is 1. The van der Waals surface area contributed by atoms with Gasteiger partial charge in [0.1, 0.15) is 17.8 Å². The second-order valence-corrected chi connectivity index (χ2v) is 8.17. The summed E-state index contributed by atoms with van der Waals surface area (Å²) in [4.78, 5) is 49.0. The van der Waals surface area contributed by atoms with Crippen LogP contribution in [-0.2, 0) is 4.79 Å². The Morgan fingerprint density at radius 2 is 1.94 bits per heavy atom. The van der Waals surface area contributed by atoms with Gasteiger partial charge in [0.2, 0.25) is 5.89 Å². The summed E-state index contributed by atoms with van der Waals surface area (Å²) in [6, 6.07) is 1.54. The fourth-order valence-corrected chi connectivity index (χ4v) is 3.20. The first-order valence-corrected chi connectivity index (χ1v) is 10.9. The highest BCUT2D eigenvalue weighted by Gasteiger charge is 2.28. The van der Waals surface area contributed by atoms with Gasteiger partial charge in [-0.15, -0.1) is 0 Å². The van der Waals surface area contributed by atoms with Crippen LogP contribution in [0.15, 0.2) is 33.9 Å². The fourth-order valence-electron chi connectivity index (χ4n) is 3.20. The van der Waals surface area contributed by atoms with Crippen LogP contribution < -0.4 is 22.1 Å². The number of amides is 2. The number of guanidine groups is 1. The summed E-state index contributed by atoms with van der Waals surface area (Å²) in [6.45, 7) is 5.75. The minimum atomic E-state index is -1.19. The Morgan fingerprint density at radius 1 is 1.21 bits per heavy atom. The number of carboxylic acids is 1. The number of hydrogen-bond acceptors (Lipinski definition) is 7. The van der Waals surface area contributed by atoms with E-state index in [1.807, 2.05) is 13.8 Å². The van der Waals surface area contributed by atoms with Gasteiger partial charge >= 0.3 is 5.97 Å². The molecule has 12 heteroatoms. The molecule has 0 saturated heterocycles. The van der Waals surface area contributed by atoms with E-state index in [9.17, 15) is 19.5 Å². The quantitative estimate of drug-likeness (QED) is 0.170. The van der Waals surface area contributed by atoms with E-state index < -0.39 is 24.0 Å². The zero-order chi connectivity index (χ0) is 25.3. The van der Waals surface area contributed by atoms with Gasteiger partial charge in [-0.2, -0.15) is 0 Å². The second-order valence-electron chi connectivity index (χ2n) is 8.17. The molecule has 0 saturated carbocycles. The minimum Gasteiger partial charge on any atom is -0.480 e. The molecule has 2 amide bonds. The lowest BCUT2D eigenvalue weighted by Gasteiger charge is -2.17. The van der Waals surface area contributed by atoms with Crippen LogP contribution in [0.4, 0.5) is 0 Å². The number of nitrogens with zero attached hydrogens (tertiary/aromatic N) is 3. The van der Waals surface area contributed by atoms with E-state index in [2.05, 4.69) is 25.6 Å². The van der Waals surface area contributed by atoms with Gasteiger partial charge in [0.25, 0.3) is 11.8 Å². The van der Waals surface area contributed by atoms with Gasteiger partial charge in [-0.3, -0.25) is 19.6 Å². The first-order valence-electron chi connectivity index (χ1n) is 10.9. The zero-order valence-electron chi connectivity index (χ0n) is 19.4. The van der Waals surface area contributed by atoms with E-state index in [4.69, 9.17) is 15.9 Å². The summed E-state index contributed by atoms with van der Waals surface area (Å²) in [6.07, 6.45) is 4.00.